The number of hydrogen-bond acceptors (Lipinski definition) is 6. The highest BCUT2D eigenvalue weighted by Crippen LogP contribution is 2.38. The van der Waals surface area contributed by atoms with Crippen LogP contribution in [-0.2, 0) is 9.53 Å². The van der Waals surface area contributed by atoms with Crippen LogP contribution in [0.25, 0.3) is 33.4 Å². The summed E-state index contributed by atoms with van der Waals surface area (Å²) in [5.41, 5.74) is 6.68. The van der Waals surface area contributed by atoms with Crippen molar-refractivity contribution in [1.82, 2.24) is 21.5 Å². The topological polar surface area (TPSA) is 139 Å². The van der Waals surface area contributed by atoms with Gasteiger partial charge in [0.1, 0.15) is 28.3 Å². The molecule has 0 radical (unpaired) electrons. The van der Waals surface area contributed by atoms with E-state index < -0.39 is 34.9 Å². The fourth-order valence-corrected chi connectivity index (χ4v) is 4.85. The maximum atomic E-state index is 13.6. The van der Waals surface area contributed by atoms with Gasteiger partial charge in [0, 0.05) is 23.6 Å². The van der Waals surface area contributed by atoms with Crippen molar-refractivity contribution in [2.45, 2.75) is 51.7 Å². The number of aryl methyl sites for hydroxylation is 1. The van der Waals surface area contributed by atoms with Crippen LogP contribution in [0.1, 0.15) is 59.9 Å². The van der Waals surface area contributed by atoms with E-state index in [0.717, 1.165) is 16.7 Å². The molecule has 228 valence electrons. The fraction of sp³-hybridized carbons (Fsp3) is 0.273. The lowest BCUT2D eigenvalue weighted by Crippen LogP contribution is -2.54. The van der Waals surface area contributed by atoms with Crippen molar-refractivity contribution in [3.05, 3.63) is 83.2 Å². The highest BCUT2D eigenvalue weighted by molar-refractivity contribution is 6.12. The molecule has 4 N–H and O–H groups in total. The van der Waals surface area contributed by atoms with Gasteiger partial charge in [0.15, 0.2) is 0 Å². The highest BCUT2D eigenvalue weighted by Gasteiger charge is 2.51. The summed E-state index contributed by atoms with van der Waals surface area (Å²) in [6, 6.07) is 16.3. The molecule has 3 aromatic carbocycles. The summed E-state index contributed by atoms with van der Waals surface area (Å²) in [7, 11) is 1.52. The molecule has 1 heterocycles. The average Bonchev–Trinajstić information content (AvgIpc) is 3.66. The van der Waals surface area contributed by atoms with Crippen LogP contribution in [0.4, 0.5) is 9.18 Å². The lowest BCUT2D eigenvalue weighted by atomic mass is 9.95. The van der Waals surface area contributed by atoms with E-state index in [9.17, 15) is 23.6 Å². The molecular weight excluding hydrogens is 567 g/mol. The molecule has 4 amide bonds. The van der Waals surface area contributed by atoms with Crippen molar-refractivity contribution in [3.63, 3.8) is 0 Å². The minimum Gasteiger partial charge on any atom is -0.455 e. The zero-order valence-corrected chi connectivity index (χ0v) is 25.0. The van der Waals surface area contributed by atoms with Gasteiger partial charge in [-0.15, -0.1) is 0 Å². The van der Waals surface area contributed by atoms with Crippen LogP contribution in [0, 0.1) is 12.7 Å². The molecule has 1 fully saturated rings. The zero-order chi connectivity index (χ0) is 31.8. The number of hydrogen-bond donors (Lipinski definition) is 4. The van der Waals surface area contributed by atoms with Gasteiger partial charge < -0.3 is 19.8 Å². The van der Waals surface area contributed by atoms with Gasteiger partial charge in [-0.3, -0.25) is 19.8 Å². The third kappa shape index (κ3) is 6.26. The molecular formula is C33H33FN4O6. The van der Waals surface area contributed by atoms with Gasteiger partial charge in [-0.2, -0.15) is 0 Å². The van der Waals surface area contributed by atoms with Gasteiger partial charge in [-0.05, 0) is 106 Å². The summed E-state index contributed by atoms with van der Waals surface area (Å²) < 4.78 is 24.7. The fourth-order valence-electron chi connectivity index (χ4n) is 4.85. The molecule has 1 aliphatic rings. The molecule has 0 unspecified atom stereocenters. The number of benzene rings is 3. The van der Waals surface area contributed by atoms with Crippen LogP contribution < -0.4 is 21.5 Å². The van der Waals surface area contributed by atoms with Gasteiger partial charge >= 0.3 is 6.09 Å². The van der Waals surface area contributed by atoms with E-state index in [-0.39, 0.29) is 5.91 Å². The lowest BCUT2D eigenvalue weighted by molar-refractivity contribution is -0.125. The first-order valence-corrected chi connectivity index (χ1v) is 14.1. The van der Waals surface area contributed by atoms with Crippen molar-refractivity contribution in [2.24, 2.45) is 0 Å². The summed E-state index contributed by atoms with van der Waals surface area (Å²) in [6.45, 7) is 7.00. The molecule has 0 bridgehead atoms. The second kappa shape index (κ2) is 11.5. The monoisotopic (exact) mass is 600 g/mol. The van der Waals surface area contributed by atoms with E-state index in [2.05, 4.69) is 21.5 Å². The number of nitrogens with one attached hydrogen (secondary N) is 4. The Balaban J connectivity index is 1.40. The van der Waals surface area contributed by atoms with E-state index >= 15 is 0 Å². The van der Waals surface area contributed by atoms with Crippen LogP contribution in [0.15, 0.2) is 65.1 Å². The normalized spacial score (nSPS) is 13.6. The van der Waals surface area contributed by atoms with E-state index in [0.29, 0.717) is 46.3 Å². The summed E-state index contributed by atoms with van der Waals surface area (Å²) in [5.74, 6) is -1.45. The number of rotatable bonds is 6. The first-order valence-electron chi connectivity index (χ1n) is 14.1. The van der Waals surface area contributed by atoms with Gasteiger partial charge in [0.05, 0.1) is 5.56 Å². The summed E-state index contributed by atoms with van der Waals surface area (Å²) in [5, 5.41) is 6.01. The first kappa shape index (κ1) is 30.3. The number of halogens is 1. The van der Waals surface area contributed by atoms with Crippen molar-refractivity contribution < 1.29 is 32.7 Å². The zero-order valence-electron chi connectivity index (χ0n) is 25.0. The smallest absolute Gasteiger partial charge is 0.426 e. The summed E-state index contributed by atoms with van der Waals surface area (Å²) in [4.78, 5) is 51.0. The van der Waals surface area contributed by atoms with Crippen LogP contribution in [-0.4, -0.2) is 42.0 Å². The minimum absolute atomic E-state index is 0.309. The second-order valence-corrected chi connectivity index (χ2v) is 11.8. The molecule has 0 saturated heterocycles. The molecule has 10 nitrogen and oxygen atoms in total. The minimum atomic E-state index is -1.15. The molecule has 1 aromatic heterocycles. The SMILES string of the molecule is CNC(=O)c1c(-c2ccc(F)cc2)oc2ccc(-c3cc(C(=O)NC4(C(=O)NNC(=O)OC(C)(C)C)CC4)ccc3C)cc12. The predicted molar refractivity (Wildman–Crippen MR) is 162 cm³/mol. The number of ether oxygens (including phenoxy) is 1. The second-order valence-electron chi connectivity index (χ2n) is 11.8. The Morgan fingerprint density at radius 2 is 1.57 bits per heavy atom. The van der Waals surface area contributed by atoms with Crippen molar-refractivity contribution in [1.29, 1.82) is 0 Å². The number of amides is 4. The van der Waals surface area contributed by atoms with Gasteiger partial charge in [0.2, 0.25) is 0 Å². The molecule has 0 aliphatic heterocycles. The lowest BCUT2D eigenvalue weighted by Gasteiger charge is -2.21. The van der Waals surface area contributed by atoms with Gasteiger partial charge in [-0.25, -0.2) is 14.6 Å². The molecule has 11 heteroatoms. The molecule has 5 rings (SSSR count). The molecule has 1 saturated carbocycles. The maximum Gasteiger partial charge on any atom is 0.426 e. The van der Waals surface area contributed by atoms with Crippen molar-refractivity contribution >= 4 is 34.8 Å². The molecule has 4 aromatic rings. The Morgan fingerprint density at radius 3 is 2.20 bits per heavy atom. The van der Waals surface area contributed by atoms with Crippen LogP contribution >= 0.6 is 0 Å². The number of carbonyl (C=O) groups is 4. The van der Waals surface area contributed by atoms with E-state index in [1.165, 1.54) is 19.2 Å². The van der Waals surface area contributed by atoms with E-state index in [1.807, 2.05) is 19.1 Å². The average molecular weight is 601 g/mol. The largest absolute Gasteiger partial charge is 0.455 e. The quantitative estimate of drug-likeness (QED) is 0.219. The molecule has 1 aliphatic carbocycles. The number of fused-ring (bicyclic) bond motifs is 1. The first-order chi connectivity index (χ1) is 20.8. The van der Waals surface area contributed by atoms with Crippen LogP contribution in [0.3, 0.4) is 0 Å². The standard InChI is InChI=1S/C33H33FN4O6/c1-18-6-7-21(28(39)36-33(14-15-33)30(41)37-38-31(42)44-32(2,3)4)17-23(18)20-10-13-25-24(16-20)26(29(40)35-5)27(43-25)19-8-11-22(34)12-9-19/h6-13,16-17H,14-15H2,1-5H3,(H,35,40)(H,36,39)(H,37,41)(H,38,42). The van der Waals surface area contributed by atoms with Crippen LogP contribution in [0.5, 0.6) is 0 Å². The van der Waals surface area contributed by atoms with E-state index in [4.69, 9.17) is 9.15 Å². The third-order valence-corrected chi connectivity index (χ3v) is 7.27. The summed E-state index contributed by atoms with van der Waals surface area (Å²) >= 11 is 0. The highest BCUT2D eigenvalue weighted by atomic mass is 19.1. The van der Waals surface area contributed by atoms with E-state index in [1.54, 1.807) is 57.2 Å². The molecule has 0 atom stereocenters. The number of hydrazine groups is 1. The Hall–Kier alpha value is -5.19. The Labute approximate surface area is 253 Å². The van der Waals surface area contributed by atoms with Crippen LogP contribution in [0.2, 0.25) is 0 Å². The Morgan fingerprint density at radius 1 is 0.886 bits per heavy atom. The Kier molecular flexibility index (Phi) is 7.90. The van der Waals surface area contributed by atoms with Crippen molar-refractivity contribution in [3.8, 4) is 22.5 Å². The predicted octanol–water partition coefficient (Wildman–Crippen LogP) is 5.39. The maximum absolute atomic E-state index is 13.6. The summed E-state index contributed by atoms with van der Waals surface area (Å²) in [6.07, 6.45) is 0.0135. The van der Waals surface area contributed by atoms with Gasteiger partial charge in [-0.1, -0.05) is 12.1 Å². The molecule has 44 heavy (non-hydrogen) atoms. The number of furan rings is 1. The third-order valence-electron chi connectivity index (χ3n) is 7.27. The van der Waals surface area contributed by atoms with Gasteiger partial charge in [0.25, 0.3) is 17.7 Å². The van der Waals surface area contributed by atoms with Crippen molar-refractivity contribution in [2.75, 3.05) is 7.05 Å². The molecule has 0 spiro atoms. The Bertz CT molecular complexity index is 1780. The number of carbonyl (C=O) groups excluding carboxylic acids is 4.